The normalized spacial score (nSPS) is 15.3. The SMILES string of the molecule is C[C@@H](NC(=O)c1ccc(N2C(=O)CCC2=O)cc1)c1ccc(Cl)cc1Cl. The van der Waals surface area contributed by atoms with Crippen molar-refractivity contribution in [3.63, 3.8) is 0 Å². The van der Waals surface area contributed by atoms with Gasteiger partial charge in [-0.25, -0.2) is 0 Å². The second kappa shape index (κ2) is 7.48. The summed E-state index contributed by atoms with van der Waals surface area (Å²) in [6.07, 6.45) is 0.445. The van der Waals surface area contributed by atoms with E-state index in [-0.39, 0.29) is 36.6 Å². The smallest absolute Gasteiger partial charge is 0.251 e. The number of benzene rings is 2. The Morgan fingerprint density at radius 3 is 2.23 bits per heavy atom. The van der Waals surface area contributed by atoms with E-state index in [4.69, 9.17) is 23.2 Å². The average Bonchev–Trinajstić information content (AvgIpc) is 2.93. The van der Waals surface area contributed by atoms with Gasteiger partial charge in [0.25, 0.3) is 5.91 Å². The highest BCUT2D eigenvalue weighted by Gasteiger charge is 2.30. The monoisotopic (exact) mass is 390 g/mol. The Kier molecular flexibility index (Phi) is 5.30. The Balaban J connectivity index is 1.72. The second-order valence-electron chi connectivity index (χ2n) is 6.03. The third kappa shape index (κ3) is 3.74. The molecule has 1 saturated heterocycles. The fourth-order valence-electron chi connectivity index (χ4n) is 2.84. The van der Waals surface area contributed by atoms with E-state index in [1.54, 1.807) is 42.5 Å². The van der Waals surface area contributed by atoms with Gasteiger partial charge in [-0.3, -0.25) is 19.3 Å². The van der Waals surface area contributed by atoms with Gasteiger partial charge in [0.2, 0.25) is 11.8 Å². The van der Waals surface area contributed by atoms with Gasteiger partial charge >= 0.3 is 0 Å². The molecule has 3 rings (SSSR count). The summed E-state index contributed by atoms with van der Waals surface area (Å²) in [4.78, 5) is 37.1. The Bertz CT molecular complexity index is 865. The number of nitrogens with zero attached hydrogens (tertiary/aromatic N) is 1. The third-order valence-corrected chi connectivity index (χ3v) is 4.78. The quantitative estimate of drug-likeness (QED) is 0.797. The molecular formula is C19H16Cl2N2O3. The van der Waals surface area contributed by atoms with Crippen LogP contribution in [-0.4, -0.2) is 17.7 Å². The molecule has 1 fully saturated rings. The maximum absolute atomic E-state index is 12.4. The predicted molar refractivity (Wildman–Crippen MR) is 101 cm³/mol. The topological polar surface area (TPSA) is 66.5 Å². The summed E-state index contributed by atoms with van der Waals surface area (Å²) >= 11 is 12.1. The van der Waals surface area contributed by atoms with Crippen molar-refractivity contribution < 1.29 is 14.4 Å². The Morgan fingerprint density at radius 2 is 1.65 bits per heavy atom. The van der Waals surface area contributed by atoms with Crippen molar-refractivity contribution in [3.05, 3.63) is 63.6 Å². The summed E-state index contributed by atoms with van der Waals surface area (Å²) in [7, 11) is 0. The van der Waals surface area contributed by atoms with Crippen LogP contribution in [0.5, 0.6) is 0 Å². The molecular weight excluding hydrogens is 375 g/mol. The first-order chi connectivity index (χ1) is 12.4. The van der Waals surface area contributed by atoms with Crippen LogP contribution in [0.3, 0.4) is 0 Å². The van der Waals surface area contributed by atoms with Crippen LogP contribution < -0.4 is 10.2 Å². The fourth-order valence-corrected chi connectivity index (χ4v) is 3.41. The molecule has 0 spiro atoms. The molecule has 26 heavy (non-hydrogen) atoms. The zero-order valence-corrected chi connectivity index (χ0v) is 15.5. The van der Waals surface area contributed by atoms with Gasteiger partial charge in [0.05, 0.1) is 11.7 Å². The Morgan fingerprint density at radius 1 is 1.04 bits per heavy atom. The minimum atomic E-state index is -0.311. The fraction of sp³-hybridized carbons (Fsp3) is 0.211. The van der Waals surface area contributed by atoms with Gasteiger partial charge < -0.3 is 5.32 Å². The molecule has 3 amide bonds. The van der Waals surface area contributed by atoms with E-state index in [2.05, 4.69) is 5.32 Å². The highest BCUT2D eigenvalue weighted by atomic mass is 35.5. The standard InChI is InChI=1S/C19H16Cl2N2O3/c1-11(15-7-4-13(20)10-16(15)21)22-19(26)12-2-5-14(6-3-12)23-17(24)8-9-18(23)25/h2-7,10-11H,8-9H2,1H3,(H,22,26)/t11-/m1/s1. The predicted octanol–water partition coefficient (Wildman–Crippen LogP) is 4.14. The molecule has 5 nitrogen and oxygen atoms in total. The van der Waals surface area contributed by atoms with E-state index in [9.17, 15) is 14.4 Å². The van der Waals surface area contributed by atoms with Crippen molar-refractivity contribution >= 4 is 46.6 Å². The molecule has 0 bridgehead atoms. The Labute approximate surface area is 160 Å². The third-order valence-electron chi connectivity index (χ3n) is 4.22. The summed E-state index contributed by atoms with van der Waals surface area (Å²) in [5.41, 5.74) is 1.65. The van der Waals surface area contributed by atoms with Gasteiger partial charge in [-0.05, 0) is 48.9 Å². The van der Waals surface area contributed by atoms with Crippen molar-refractivity contribution in [1.82, 2.24) is 5.32 Å². The van der Waals surface area contributed by atoms with E-state index in [1.165, 1.54) is 0 Å². The van der Waals surface area contributed by atoms with E-state index >= 15 is 0 Å². The van der Waals surface area contributed by atoms with Crippen LogP contribution in [0, 0.1) is 0 Å². The number of halogens is 2. The first kappa shape index (κ1) is 18.4. The summed E-state index contributed by atoms with van der Waals surface area (Å²) in [5, 5.41) is 3.87. The molecule has 0 aromatic heterocycles. The molecule has 134 valence electrons. The lowest BCUT2D eigenvalue weighted by molar-refractivity contribution is -0.121. The van der Waals surface area contributed by atoms with Crippen molar-refractivity contribution in [2.24, 2.45) is 0 Å². The van der Waals surface area contributed by atoms with Gasteiger partial charge in [0.15, 0.2) is 0 Å². The molecule has 1 aliphatic heterocycles. The van der Waals surface area contributed by atoms with Crippen LogP contribution in [0.25, 0.3) is 0 Å². The number of anilines is 1. The first-order valence-corrected chi connectivity index (χ1v) is 8.84. The van der Waals surface area contributed by atoms with Crippen LogP contribution in [0.2, 0.25) is 10.0 Å². The average molecular weight is 391 g/mol. The summed E-state index contributed by atoms with van der Waals surface area (Å²) in [6, 6.07) is 11.1. The van der Waals surface area contributed by atoms with E-state index in [1.807, 2.05) is 6.92 Å². The number of carbonyl (C=O) groups excluding carboxylic acids is 3. The van der Waals surface area contributed by atoms with Crippen LogP contribution in [0.15, 0.2) is 42.5 Å². The van der Waals surface area contributed by atoms with E-state index < -0.39 is 0 Å². The second-order valence-corrected chi connectivity index (χ2v) is 6.87. The van der Waals surface area contributed by atoms with Gasteiger partial charge in [0, 0.05) is 28.5 Å². The van der Waals surface area contributed by atoms with E-state index in [0.29, 0.717) is 21.3 Å². The molecule has 2 aromatic carbocycles. The minimum Gasteiger partial charge on any atom is -0.345 e. The number of rotatable bonds is 4. The summed E-state index contributed by atoms with van der Waals surface area (Å²) in [6.45, 7) is 1.82. The van der Waals surface area contributed by atoms with Crippen LogP contribution >= 0.6 is 23.2 Å². The number of hydrogen-bond donors (Lipinski definition) is 1. The minimum absolute atomic E-state index is 0.223. The van der Waals surface area contributed by atoms with Crippen LogP contribution in [0.1, 0.15) is 41.7 Å². The number of carbonyl (C=O) groups is 3. The van der Waals surface area contributed by atoms with Gasteiger partial charge in [0.1, 0.15) is 0 Å². The number of nitrogens with one attached hydrogen (secondary N) is 1. The molecule has 7 heteroatoms. The first-order valence-electron chi connectivity index (χ1n) is 8.08. The van der Waals surface area contributed by atoms with Gasteiger partial charge in [-0.15, -0.1) is 0 Å². The van der Waals surface area contributed by atoms with Crippen molar-refractivity contribution in [1.29, 1.82) is 0 Å². The lowest BCUT2D eigenvalue weighted by atomic mass is 10.1. The number of imide groups is 1. The molecule has 0 saturated carbocycles. The van der Waals surface area contributed by atoms with Crippen LogP contribution in [-0.2, 0) is 9.59 Å². The summed E-state index contributed by atoms with van der Waals surface area (Å²) < 4.78 is 0. The lowest BCUT2D eigenvalue weighted by Gasteiger charge is -2.17. The maximum Gasteiger partial charge on any atom is 0.251 e. The molecule has 1 N–H and O–H groups in total. The highest BCUT2D eigenvalue weighted by Crippen LogP contribution is 2.27. The van der Waals surface area contributed by atoms with E-state index in [0.717, 1.165) is 10.5 Å². The van der Waals surface area contributed by atoms with Crippen molar-refractivity contribution in [2.45, 2.75) is 25.8 Å². The molecule has 0 radical (unpaired) electrons. The lowest BCUT2D eigenvalue weighted by Crippen LogP contribution is -2.29. The number of hydrogen-bond acceptors (Lipinski definition) is 3. The highest BCUT2D eigenvalue weighted by molar-refractivity contribution is 6.35. The largest absolute Gasteiger partial charge is 0.345 e. The zero-order valence-electron chi connectivity index (χ0n) is 14.0. The van der Waals surface area contributed by atoms with Gasteiger partial charge in [-0.1, -0.05) is 29.3 Å². The molecule has 0 aliphatic carbocycles. The van der Waals surface area contributed by atoms with Crippen molar-refractivity contribution in [2.75, 3.05) is 4.90 Å². The Hall–Kier alpha value is -2.37. The molecule has 1 atom stereocenters. The molecule has 1 aliphatic rings. The maximum atomic E-state index is 12.4. The zero-order chi connectivity index (χ0) is 18.8. The molecule has 1 heterocycles. The number of amides is 3. The van der Waals surface area contributed by atoms with Crippen molar-refractivity contribution in [3.8, 4) is 0 Å². The molecule has 2 aromatic rings. The summed E-state index contributed by atoms with van der Waals surface area (Å²) in [5.74, 6) is -0.731. The molecule has 0 unspecified atom stereocenters. The van der Waals surface area contributed by atoms with Crippen LogP contribution in [0.4, 0.5) is 5.69 Å². The van der Waals surface area contributed by atoms with Gasteiger partial charge in [-0.2, -0.15) is 0 Å².